The molecule has 23 heavy (non-hydrogen) atoms. The van der Waals surface area contributed by atoms with Crippen molar-refractivity contribution in [2.45, 2.75) is 31.9 Å². The fourth-order valence-corrected chi connectivity index (χ4v) is 3.23. The Morgan fingerprint density at radius 3 is 2.91 bits per heavy atom. The molecule has 3 rings (SSSR count). The van der Waals surface area contributed by atoms with Gasteiger partial charge < -0.3 is 14.4 Å². The summed E-state index contributed by atoms with van der Waals surface area (Å²) in [5.74, 6) is 1.59. The lowest BCUT2D eigenvalue weighted by molar-refractivity contribution is 0.0628. The van der Waals surface area contributed by atoms with Crippen LogP contribution in [-0.2, 0) is 0 Å². The van der Waals surface area contributed by atoms with Gasteiger partial charge in [-0.3, -0.25) is 4.90 Å². The van der Waals surface area contributed by atoms with Gasteiger partial charge in [0.1, 0.15) is 29.9 Å². The van der Waals surface area contributed by atoms with Crippen molar-refractivity contribution in [2.75, 3.05) is 19.7 Å². The van der Waals surface area contributed by atoms with Gasteiger partial charge in [0.25, 0.3) is 0 Å². The van der Waals surface area contributed by atoms with E-state index in [-0.39, 0.29) is 12.6 Å². The average Bonchev–Trinajstić information content (AvgIpc) is 3.15. The number of hydrogen-bond acceptors (Lipinski definition) is 5. The molecule has 1 N–H and O–H groups in total. The van der Waals surface area contributed by atoms with Crippen molar-refractivity contribution < 1.29 is 14.4 Å². The second kappa shape index (κ2) is 7.47. The van der Waals surface area contributed by atoms with Crippen LogP contribution in [0, 0.1) is 6.92 Å². The van der Waals surface area contributed by atoms with Crippen LogP contribution < -0.4 is 4.74 Å². The number of aryl methyl sites for hydroxylation is 1. The zero-order valence-electron chi connectivity index (χ0n) is 13.1. The van der Waals surface area contributed by atoms with E-state index in [1.54, 1.807) is 0 Å². The largest absolute Gasteiger partial charge is 0.491 e. The number of hydrogen-bond donors (Lipinski definition) is 1. The number of aromatic nitrogens is 1. The topological polar surface area (TPSA) is 58.7 Å². The Balaban J connectivity index is 1.52. The number of rotatable bonds is 6. The molecular weight excluding hydrogens is 360 g/mol. The van der Waals surface area contributed by atoms with Crippen molar-refractivity contribution in [1.82, 2.24) is 10.1 Å². The maximum Gasteiger partial charge on any atom is 0.133 e. The van der Waals surface area contributed by atoms with E-state index in [2.05, 4.69) is 26.0 Å². The molecule has 2 unspecified atom stereocenters. The van der Waals surface area contributed by atoms with Crippen molar-refractivity contribution in [3.05, 3.63) is 46.3 Å². The lowest BCUT2D eigenvalue weighted by atomic mass is 10.1. The Hall–Kier alpha value is -1.37. The smallest absolute Gasteiger partial charge is 0.133 e. The third-order valence-electron chi connectivity index (χ3n) is 4.05. The molecule has 2 aromatic rings. The molecule has 0 saturated carbocycles. The molecule has 1 aliphatic heterocycles. The Bertz CT molecular complexity index is 629. The lowest BCUT2D eigenvalue weighted by Gasteiger charge is -2.25. The molecule has 1 aromatic carbocycles. The lowest BCUT2D eigenvalue weighted by Crippen LogP contribution is -2.35. The highest BCUT2D eigenvalue weighted by atomic mass is 79.9. The maximum absolute atomic E-state index is 10.3. The van der Waals surface area contributed by atoms with E-state index in [9.17, 15) is 5.11 Å². The van der Waals surface area contributed by atoms with E-state index in [4.69, 9.17) is 9.26 Å². The second-order valence-electron chi connectivity index (χ2n) is 5.93. The van der Waals surface area contributed by atoms with Crippen LogP contribution >= 0.6 is 15.9 Å². The minimum absolute atomic E-state index is 0.231. The third kappa shape index (κ3) is 4.34. The van der Waals surface area contributed by atoms with Gasteiger partial charge in [-0.25, -0.2) is 0 Å². The van der Waals surface area contributed by atoms with Gasteiger partial charge in [0.05, 0.1) is 6.04 Å². The first-order valence-corrected chi connectivity index (χ1v) is 8.65. The van der Waals surface area contributed by atoms with E-state index in [0.717, 1.165) is 41.1 Å². The summed E-state index contributed by atoms with van der Waals surface area (Å²) in [5, 5.41) is 14.4. The van der Waals surface area contributed by atoms with Crippen molar-refractivity contribution >= 4 is 15.9 Å². The molecule has 0 bridgehead atoms. The number of benzene rings is 1. The molecule has 0 spiro atoms. The summed E-state index contributed by atoms with van der Waals surface area (Å²) in [7, 11) is 0. The van der Waals surface area contributed by atoms with Gasteiger partial charge in [0.2, 0.25) is 0 Å². The number of likely N-dealkylation sites (tertiary alicyclic amines) is 1. The van der Waals surface area contributed by atoms with Gasteiger partial charge in [-0.1, -0.05) is 21.1 Å². The van der Waals surface area contributed by atoms with Gasteiger partial charge in [-0.05, 0) is 50.6 Å². The maximum atomic E-state index is 10.3. The first-order chi connectivity index (χ1) is 11.1. The van der Waals surface area contributed by atoms with E-state index in [1.807, 2.05) is 37.3 Å². The Morgan fingerprint density at radius 1 is 1.43 bits per heavy atom. The van der Waals surface area contributed by atoms with Crippen LogP contribution in [0.3, 0.4) is 0 Å². The van der Waals surface area contributed by atoms with Gasteiger partial charge in [-0.2, -0.15) is 0 Å². The van der Waals surface area contributed by atoms with E-state index in [0.29, 0.717) is 6.54 Å². The number of aliphatic hydroxyl groups is 1. The molecule has 0 amide bonds. The van der Waals surface area contributed by atoms with E-state index < -0.39 is 6.10 Å². The summed E-state index contributed by atoms with van der Waals surface area (Å²) in [6, 6.07) is 9.82. The molecule has 1 saturated heterocycles. The van der Waals surface area contributed by atoms with Gasteiger partial charge in [0, 0.05) is 17.1 Å². The van der Waals surface area contributed by atoms with Crippen LogP contribution in [0.2, 0.25) is 0 Å². The number of aliphatic hydroxyl groups excluding tert-OH is 1. The molecule has 1 aliphatic rings. The quantitative estimate of drug-likeness (QED) is 0.832. The minimum atomic E-state index is -0.535. The summed E-state index contributed by atoms with van der Waals surface area (Å²) >= 11 is 3.39. The predicted molar refractivity (Wildman–Crippen MR) is 90.4 cm³/mol. The summed E-state index contributed by atoms with van der Waals surface area (Å²) in [6.45, 7) is 3.72. The number of β-amino-alcohol motifs (C(OH)–C–C–N with tert-alkyl or cyclic N) is 1. The third-order valence-corrected chi connectivity index (χ3v) is 4.58. The van der Waals surface area contributed by atoms with Gasteiger partial charge in [-0.15, -0.1) is 0 Å². The molecule has 0 radical (unpaired) electrons. The molecule has 124 valence electrons. The van der Waals surface area contributed by atoms with Crippen molar-refractivity contribution in [3.8, 4) is 5.75 Å². The zero-order chi connectivity index (χ0) is 16.2. The SMILES string of the molecule is Cc1cc(C2CCCN2CC(O)COc2ccc(Br)cc2)no1. The second-order valence-corrected chi connectivity index (χ2v) is 6.85. The monoisotopic (exact) mass is 380 g/mol. The molecule has 6 heteroatoms. The molecule has 2 atom stereocenters. The van der Waals surface area contributed by atoms with Crippen LogP contribution in [0.15, 0.2) is 39.3 Å². The standard InChI is InChI=1S/C17H21BrN2O3/c1-12-9-16(19-23-12)17-3-2-8-20(17)10-14(21)11-22-15-6-4-13(18)5-7-15/h4-7,9,14,17,21H,2-3,8,10-11H2,1H3. The van der Waals surface area contributed by atoms with Crippen molar-refractivity contribution in [1.29, 1.82) is 0 Å². The molecule has 1 aromatic heterocycles. The van der Waals surface area contributed by atoms with E-state index in [1.165, 1.54) is 0 Å². The number of halogens is 1. The summed E-state index contributed by atoms with van der Waals surface area (Å²) in [4.78, 5) is 2.26. The Morgan fingerprint density at radius 2 is 2.22 bits per heavy atom. The molecule has 0 aliphatic carbocycles. The van der Waals surface area contributed by atoms with Crippen LogP contribution in [0.1, 0.15) is 30.3 Å². The van der Waals surface area contributed by atoms with Gasteiger partial charge in [0.15, 0.2) is 0 Å². The van der Waals surface area contributed by atoms with Crippen molar-refractivity contribution in [3.63, 3.8) is 0 Å². The average molecular weight is 381 g/mol. The Labute approximate surface area is 144 Å². The van der Waals surface area contributed by atoms with Crippen LogP contribution in [-0.4, -0.2) is 41.0 Å². The minimum Gasteiger partial charge on any atom is -0.491 e. The first kappa shape index (κ1) is 16.5. The summed E-state index contributed by atoms with van der Waals surface area (Å²) < 4.78 is 11.8. The van der Waals surface area contributed by atoms with Crippen molar-refractivity contribution in [2.24, 2.45) is 0 Å². The normalized spacial score (nSPS) is 19.9. The zero-order valence-corrected chi connectivity index (χ0v) is 14.7. The highest BCUT2D eigenvalue weighted by Gasteiger charge is 2.29. The highest BCUT2D eigenvalue weighted by molar-refractivity contribution is 9.10. The van der Waals surface area contributed by atoms with E-state index >= 15 is 0 Å². The van der Waals surface area contributed by atoms with Crippen LogP contribution in [0.5, 0.6) is 5.75 Å². The Kier molecular flexibility index (Phi) is 5.35. The molecule has 5 nitrogen and oxygen atoms in total. The fourth-order valence-electron chi connectivity index (χ4n) is 2.97. The van der Waals surface area contributed by atoms with Crippen LogP contribution in [0.4, 0.5) is 0 Å². The summed E-state index contributed by atoms with van der Waals surface area (Å²) in [5.41, 5.74) is 0.959. The van der Waals surface area contributed by atoms with Crippen LogP contribution in [0.25, 0.3) is 0 Å². The van der Waals surface area contributed by atoms with Gasteiger partial charge >= 0.3 is 0 Å². The number of ether oxygens (including phenoxy) is 1. The molecule has 2 heterocycles. The predicted octanol–water partition coefficient (Wildman–Crippen LogP) is 3.32. The molecular formula is C17H21BrN2O3. The number of nitrogens with zero attached hydrogens (tertiary/aromatic N) is 2. The fraction of sp³-hybridized carbons (Fsp3) is 0.471. The molecule has 1 fully saturated rings. The summed E-state index contributed by atoms with van der Waals surface area (Å²) in [6.07, 6.45) is 1.62. The first-order valence-electron chi connectivity index (χ1n) is 7.85. The highest BCUT2D eigenvalue weighted by Crippen LogP contribution is 2.31.